The fourth-order valence-corrected chi connectivity index (χ4v) is 4.52. The van der Waals surface area contributed by atoms with Gasteiger partial charge in [-0.25, -0.2) is 4.79 Å². The maximum atomic E-state index is 11.9. The Morgan fingerprint density at radius 2 is 1.88 bits per heavy atom. The Kier molecular flexibility index (Phi) is 9.34. The second-order valence-electron chi connectivity index (χ2n) is 8.35. The summed E-state index contributed by atoms with van der Waals surface area (Å²) in [5.41, 5.74) is 0.725. The van der Waals surface area contributed by atoms with E-state index in [4.69, 9.17) is 14.2 Å². The quantitative estimate of drug-likeness (QED) is 0.232. The smallest absolute Gasteiger partial charge is 0.332 e. The molecule has 0 amide bonds. The number of carbonyl (C=O) groups excluding carboxylic acids is 1. The Hall–Kier alpha value is -0.853. The second-order valence-corrected chi connectivity index (χ2v) is 14.0. The maximum absolute atomic E-state index is 11.9. The lowest BCUT2D eigenvalue weighted by Gasteiger charge is -2.43. The zero-order valence-electron chi connectivity index (χ0n) is 17.9. The van der Waals surface area contributed by atoms with E-state index < -0.39 is 8.07 Å². The molecule has 0 aromatic heterocycles. The molecule has 0 N–H and O–H groups in total. The van der Waals surface area contributed by atoms with Gasteiger partial charge in [-0.2, -0.15) is 0 Å². The first kappa shape index (κ1) is 23.2. The maximum Gasteiger partial charge on any atom is 0.332 e. The van der Waals surface area contributed by atoms with E-state index in [-0.39, 0.29) is 17.6 Å². The van der Waals surface area contributed by atoms with Crippen molar-refractivity contribution in [3.05, 3.63) is 11.8 Å². The van der Waals surface area contributed by atoms with Gasteiger partial charge in [-0.05, 0) is 31.7 Å². The Morgan fingerprint density at radius 3 is 2.38 bits per heavy atom. The first-order valence-corrected chi connectivity index (χ1v) is 13.6. The summed E-state index contributed by atoms with van der Waals surface area (Å²) in [6.07, 6.45) is 5.66. The van der Waals surface area contributed by atoms with Gasteiger partial charge in [-0.1, -0.05) is 33.5 Å². The van der Waals surface area contributed by atoms with Crippen LogP contribution in [0.4, 0.5) is 0 Å². The van der Waals surface area contributed by atoms with Gasteiger partial charge in [0.1, 0.15) is 0 Å². The number of likely N-dealkylation sites (tertiary alicyclic amines) is 1. The van der Waals surface area contributed by atoms with Crippen LogP contribution in [0.1, 0.15) is 39.5 Å². The number of hydrogen-bond acceptors (Lipinski definition) is 5. The molecule has 0 aliphatic carbocycles. The molecule has 1 aliphatic heterocycles. The van der Waals surface area contributed by atoms with Crippen molar-refractivity contribution in [3.8, 4) is 0 Å². The molecule has 1 rings (SSSR count). The summed E-state index contributed by atoms with van der Waals surface area (Å²) in [5.74, 6) is -0.324. The highest BCUT2D eigenvalue weighted by Crippen LogP contribution is 2.36. The molecule has 0 aromatic rings. The van der Waals surface area contributed by atoms with E-state index in [9.17, 15) is 4.79 Å². The highest BCUT2D eigenvalue weighted by atomic mass is 28.3. The van der Waals surface area contributed by atoms with E-state index in [2.05, 4.69) is 38.4 Å². The molecule has 0 unspecified atom stereocenters. The van der Waals surface area contributed by atoms with Gasteiger partial charge in [0, 0.05) is 40.1 Å². The van der Waals surface area contributed by atoms with Crippen molar-refractivity contribution in [2.75, 3.05) is 34.0 Å². The molecule has 26 heavy (non-hydrogen) atoms. The summed E-state index contributed by atoms with van der Waals surface area (Å²) in [4.78, 5) is 14.3. The Morgan fingerprint density at radius 1 is 1.23 bits per heavy atom. The molecule has 1 saturated heterocycles. The van der Waals surface area contributed by atoms with Crippen molar-refractivity contribution in [2.45, 2.75) is 76.9 Å². The topological polar surface area (TPSA) is 48.0 Å². The van der Waals surface area contributed by atoms with Gasteiger partial charge in [-0.3, -0.25) is 0 Å². The van der Waals surface area contributed by atoms with Gasteiger partial charge in [-0.15, -0.1) is 0 Å². The van der Waals surface area contributed by atoms with Gasteiger partial charge in [0.05, 0.1) is 25.4 Å². The number of methoxy groups -OCH3 is 2. The molecule has 6 heteroatoms. The molecular formula is C20H39NO4Si. The van der Waals surface area contributed by atoms with E-state index in [1.165, 1.54) is 7.11 Å². The molecule has 0 radical (unpaired) electrons. The summed E-state index contributed by atoms with van der Waals surface area (Å²) in [5, 5.41) is 0. The zero-order valence-corrected chi connectivity index (χ0v) is 18.9. The van der Waals surface area contributed by atoms with Crippen LogP contribution in [0.5, 0.6) is 0 Å². The van der Waals surface area contributed by atoms with Crippen molar-refractivity contribution in [1.29, 1.82) is 0 Å². The summed E-state index contributed by atoms with van der Waals surface area (Å²) in [6, 6.07) is 1.38. The van der Waals surface area contributed by atoms with E-state index in [0.29, 0.717) is 6.61 Å². The molecule has 1 atom stereocenters. The van der Waals surface area contributed by atoms with E-state index in [1.807, 2.05) is 0 Å². The average Bonchev–Trinajstić information content (AvgIpc) is 3.09. The fourth-order valence-electron chi connectivity index (χ4n) is 3.76. The van der Waals surface area contributed by atoms with Crippen molar-refractivity contribution in [3.63, 3.8) is 0 Å². The highest BCUT2D eigenvalue weighted by Gasteiger charge is 2.42. The number of hydrogen-bond donors (Lipinski definition) is 0. The SMILES string of the molecule is CCC(CC)(OC)[C@H]1CCCN1/C(=C/C(=O)OC)COCC[Si](C)(C)C. The molecule has 1 heterocycles. The predicted octanol–water partition coefficient (Wildman–Crippen LogP) is 4.07. The third kappa shape index (κ3) is 6.39. The van der Waals surface area contributed by atoms with Crippen LogP contribution in [0.2, 0.25) is 25.7 Å². The molecule has 0 spiro atoms. The molecule has 0 bridgehead atoms. The summed E-state index contributed by atoms with van der Waals surface area (Å²) in [6.45, 7) is 13.5. The van der Waals surface area contributed by atoms with Crippen LogP contribution in [0.25, 0.3) is 0 Å². The Labute approximate surface area is 161 Å². The summed E-state index contributed by atoms with van der Waals surface area (Å²) in [7, 11) is 2.09. The van der Waals surface area contributed by atoms with Gasteiger partial charge in [0.2, 0.25) is 0 Å². The summed E-state index contributed by atoms with van der Waals surface area (Å²) >= 11 is 0. The van der Waals surface area contributed by atoms with E-state index >= 15 is 0 Å². The first-order chi connectivity index (χ1) is 12.2. The predicted molar refractivity (Wildman–Crippen MR) is 109 cm³/mol. The minimum Gasteiger partial charge on any atom is -0.466 e. The van der Waals surface area contributed by atoms with Crippen LogP contribution in [-0.4, -0.2) is 64.6 Å². The zero-order chi connectivity index (χ0) is 19.8. The van der Waals surface area contributed by atoms with Crippen molar-refractivity contribution < 1.29 is 19.0 Å². The molecule has 0 saturated carbocycles. The van der Waals surface area contributed by atoms with Crippen molar-refractivity contribution in [2.24, 2.45) is 0 Å². The van der Waals surface area contributed by atoms with Gasteiger partial charge in [0.25, 0.3) is 0 Å². The van der Waals surface area contributed by atoms with Crippen LogP contribution < -0.4 is 0 Å². The van der Waals surface area contributed by atoms with Crippen LogP contribution in [0.15, 0.2) is 11.8 Å². The number of nitrogens with zero attached hydrogens (tertiary/aromatic N) is 1. The third-order valence-corrected chi connectivity index (χ3v) is 7.27. The molecular weight excluding hydrogens is 346 g/mol. The first-order valence-electron chi connectivity index (χ1n) is 9.91. The third-order valence-electron chi connectivity index (χ3n) is 5.56. The molecule has 1 aliphatic rings. The minimum atomic E-state index is -1.13. The average molecular weight is 386 g/mol. The fraction of sp³-hybridized carbons (Fsp3) is 0.850. The lowest BCUT2D eigenvalue weighted by Crippen LogP contribution is -2.50. The van der Waals surface area contributed by atoms with Crippen LogP contribution in [0.3, 0.4) is 0 Å². The number of esters is 1. The van der Waals surface area contributed by atoms with Crippen LogP contribution in [0, 0.1) is 0 Å². The number of carbonyl (C=O) groups is 1. The van der Waals surface area contributed by atoms with E-state index in [0.717, 1.165) is 50.6 Å². The largest absolute Gasteiger partial charge is 0.466 e. The second kappa shape index (κ2) is 10.5. The molecule has 152 valence electrons. The van der Waals surface area contributed by atoms with Crippen molar-refractivity contribution in [1.82, 2.24) is 4.90 Å². The minimum absolute atomic E-state index is 0.190. The standard InChI is InChI=1S/C20H39NO4Si/c1-8-20(9-2,24-4)18-11-10-12-21(18)17(15-19(22)23-3)16-25-13-14-26(5,6)7/h15,18H,8-14,16H2,1-7H3/b17-15+/t18-/m1/s1. The summed E-state index contributed by atoms with van der Waals surface area (Å²) < 4.78 is 16.8. The molecule has 0 aromatic carbocycles. The Bertz CT molecular complexity index is 461. The molecule has 1 fully saturated rings. The van der Waals surface area contributed by atoms with Gasteiger partial charge < -0.3 is 19.1 Å². The monoisotopic (exact) mass is 385 g/mol. The lowest BCUT2D eigenvalue weighted by atomic mass is 9.86. The lowest BCUT2D eigenvalue weighted by molar-refractivity contribution is -0.135. The van der Waals surface area contributed by atoms with Crippen LogP contribution >= 0.6 is 0 Å². The van der Waals surface area contributed by atoms with Gasteiger partial charge >= 0.3 is 5.97 Å². The highest BCUT2D eigenvalue weighted by molar-refractivity contribution is 6.76. The Balaban J connectivity index is 2.94. The van der Waals surface area contributed by atoms with Crippen LogP contribution in [-0.2, 0) is 19.0 Å². The number of rotatable bonds is 11. The van der Waals surface area contributed by atoms with Gasteiger partial charge in [0.15, 0.2) is 0 Å². The molecule has 5 nitrogen and oxygen atoms in total. The number of ether oxygens (including phenoxy) is 3. The van der Waals surface area contributed by atoms with Crippen molar-refractivity contribution >= 4 is 14.0 Å². The normalized spacial score (nSPS) is 19.1. The van der Waals surface area contributed by atoms with E-state index in [1.54, 1.807) is 13.2 Å².